The first kappa shape index (κ1) is 23.7. The van der Waals surface area contributed by atoms with E-state index in [-0.39, 0.29) is 12.4 Å². The summed E-state index contributed by atoms with van der Waals surface area (Å²) in [6, 6.07) is 0. The van der Waals surface area contributed by atoms with Crippen molar-refractivity contribution >= 4 is 24.0 Å². The van der Waals surface area contributed by atoms with Crippen LogP contribution in [-0.2, 0) is 4.74 Å². The zero-order valence-corrected chi connectivity index (χ0v) is 14.9. The molecule has 21 heavy (non-hydrogen) atoms. The lowest BCUT2D eigenvalue weighted by atomic mass is 10.2. The monoisotopic (exact) mass is 343 g/mol. The van der Waals surface area contributed by atoms with Crippen LogP contribution in [0.1, 0.15) is 51.4 Å². The maximum Gasteiger partial charge on any atom is 0.0944 e. The second-order valence-electron chi connectivity index (χ2n) is 5.27. The molecular weight excluding hydrogens is 309 g/mol. The Bertz CT molecular complexity index is 172. The van der Waals surface area contributed by atoms with E-state index in [0.29, 0.717) is 12.0 Å². The van der Waals surface area contributed by atoms with Gasteiger partial charge in [0.25, 0.3) is 0 Å². The molecule has 1 saturated heterocycles. The fourth-order valence-corrected chi connectivity index (χ4v) is 1.96. The minimum atomic E-state index is 0. The van der Waals surface area contributed by atoms with Gasteiger partial charge in [0.05, 0.1) is 18.6 Å². The highest BCUT2D eigenvalue weighted by Gasteiger charge is 2.19. The lowest BCUT2D eigenvalue weighted by Crippen LogP contribution is -2.16. The van der Waals surface area contributed by atoms with Gasteiger partial charge in [0.2, 0.25) is 0 Å². The fraction of sp³-hybridized carbons (Fsp3) is 1.00. The second kappa shape index (κ2) is 20.4. The van der Waals surface area contributed by atoms with E-state index in [9.17, 15) is 0 Å². The zero-order chi connectivity index (χ0) is 14.9. The van der Waals surface area contributed by atoms with E-state index in [1.807, 2.05) is 0 Å². The van der Waals surface area contributed by atoms with Crippen molar-refractivity contribution in [2.24, 2.45) is 11.5 Å². The van der Waals surface area contributed by atoms with E-state index in [0.717, 1.165) is 19.7 Å². The molecule has 0 saturated carbocycles. The summed E-state index contributed by atoms with van der Waals surface area (Å²) in [6.07, 6.45) is 10.6. The lowest BCUT2D eigenvalue weighted by Gasteiger charge is -2.04. The number of halogens is 2. The number of rotatable bonds is 13. The Morgan fingerprint density at radius 1 is 0.857 bits per heavy atom. The number of ether oxygens (including phenoxy) is 1. The Hall–Kier alpha value is 0.420. The molecule has 1 fully saturated rings. The maximum absolute atomic E-state index is 5.42. The number of nitrogens with two attached hydrogens (primary N) is 2. The maximum atomic E-state index is 5.42. The molecule has 1 unspecified atom stereocenters. The molecule has 0 aromatic carbocycles. The van der Waals surface area contributed by atoms with Gasteiger partial charge in [0.1, 0.15) is 0 Å². The van der Waals surface area contributed by atoms with E-state index in [1.165, 1.54) is 64.5 Å². The second-order valence-corrected chi connectivity index (χ2v) is 5.57. The van der Waals surface area contributed by atoms with Gasteiger partial charge in [-0.15, -0.1) is 24.0 Å². The van der Waals surface area contributed by atoms with Gasteiger partial charge in [0.15, 0.2) is 0 Å². The molecule has 5 N–H and O–H groups in total. The van der Waals surface area contributed by atoms with Gasteiger partial charge in [-0.25, -0.2) is 0 Å². The lowest BCUT2D eigenvalue weighted by molar-refractivity contribution is 0.425. The summed E-state index contributed by atoms with van der Waals surface area (Å²) in [4.78, 5) is 0. The molecule has 1 aliphatic rings. The quantitative estimate of drug-likeness (QED) is 0.273. The van der Waals surface area contributed by atoms with Gasteiger partial charge in [-0.3, -0.25) is 0 Å². The normalized spacial score (nSPS) is 15.9. The molecule has 0 aromatic rings. The van der Waals surface area contributed by atoms with Crippen molar-refractivity contribution in [1.29, 1.82) is 0 Å². The highest BCUT2D eigenvalue weighted by Crippen LogP contribution is 2.08. The van der Waals surface area contributed by atoms with Gasteiger partial charge in [0, 0.05) is 0 Å². The number of unbranched alkanes of at least 4 members (excludes halogenated alkanes) is 6. The van der Waals surface area contributed by atoms with Crippen LogP contribution < -0.4 is 16.8 Å². The number of nitrogens with one attached hydrogen (secondary N) is 1. The highest BCUT2D eigenvalue weighted by molar-refractivity contribution is 6.18. The molecule has 6 heteroatoms. The van der Waals surface area contributed by atoms with Crippen molar-refractivity contribution < 1.29 is 4.74 Å². The van der Waals surface area contributed by atoms with Crippen molar-refractivity contribution in [3.63, 3.8) is 0 Å². The molecular formula is C15H35Cl2N3O. The standard InChI is InChI=1S/C12H29N3.C3H5ClO.ClH/c13-9-5-1-3-7-11-15-12-8-4-2-6-10-14;4-1-3-2-5-3;/h15H,1-14H2;3H,1-2H2;1H. The number of epoxide rings is 1. The first-order valence-corrected chi connectivity index (χ1v) is 8.67. The Kier molecular flexibility index (Phi) is 23.0. The van der Waals surface area contributed by atoms with E-state index in [4.69, 9.17) is 27.8 Å². The van der Waals surface area contributed by atoms with Gasteiger partial charge in [-0.2, -0.15) is 0 Å². The molecule has 4 nitrogen and oxygen atoms in total. The molecule has 1 atom stereocenters. The minimum absolute atomic E-state index is 0. The van der Waals surface area contributed by atoms with Crippen molar-refractivity contribution in [1.82, 2.24) is 5.32 Å². The van der Waals surface area contributed by atoms with Crippen LogP contribution in [0.15, 0.2) is 0 Å². The third-order valence-corrected chi connectivity index (χ3v) is 3.53. The third-order valence-electron chi connectivity index (χ3n) is 3.19. The van der Waals surface area contributed by atoms with E-state index >= 15 is 0 Å². The topological polar surface area (TPSA) is 76.6 Å². The van der Waals surface area contributed by atoms with Crippen LogP contribution in [0.2, 0.25) is 0 Å². The summed E-state index contributed by atoms with van der Waals surface area (Å²) >= 11 is 5.27. The summed E-state index contributed by atoms with van der Waals surface area (Å²) in [5, 5.41) is 3.48. The molecule has 0 aromatic heterocycles. The highest BCUT2D eigenvalue weighted by atomic mass is 35.5. The van der Waals surface area contributed by atoms with E-state index < -0.39 is 0 Å². The predicted molar refractivity (Wildman–Crippen MR) is 95.6 cm³/mol. The van der Waals surface area contributed by atoms with Crippen LogP contribution in [0.25, 0.3) is 0 Å². The molecule has 0 bridgehead atoms. The molecule has 1 rings (SSSR count). The number of hydrogen-bond acceptors (Lipinski definition) is 4. The van der Waals surface area contributed by atoms with Gasteiger partial charge < -0.3 is 21.5 Å². The largest absolute Gasteiger partial charge is 0.372 e. The van der Waals surface area contributed by atoms with E-state index in [2.05, 4.69) is 5.32 Å². The van der Waals surface area contributed by atoms with Crippen LogP contribution >= 0.6 is 24.0 Å². The van der Waals surface area contributed by atoms with Crippen molar-refractivity contribution in [2.45, 2.75) is 57.5 Å². The minimum Gasteiger partial charge on any atom is -0.372 e. The summed E-state index contributed by atoms with van der Waals surface area (Å²) < 4.78 is 4.73. The Morgan fingerprint density at radius 2 is 1.29 bits per heavy atom. The molecule has 0 amide bonds. The van der Waals surface area contributed by atoms with Crippen LogP contribution in [0, 0.1) is 0 Å². The fourth-order valence-electron chi connectivity index (χ4n) is 1.78. The van der Waals surface area contributed by atoms with Gasteiger partial charge >= 0.3 is 0 Å². The molecule has 0 radical (unpaired) electrons. The first-order chi connectivity index (χ1) is 9.85. The zero-order valence-electron chi connectivity index (χ0n) is 13.3. The SMILES string of the molecule is Cl.ClCC1CO1.NCCCCCCNCCCCCCN. The Labute approximate surface area is 142 Å². The molecule has 1 heterocycles. The van der Waals surface area contributed by atoms with Crippen molar-refractivity contribution in [3.05, 3.63) is 0 Å². The smallest absolute Gasteiger partial charge is 0.0944 e. The summed E-state index contributed by atoms with van der Waals surface area (Å²) in [5.41, 5.74) is 10.8. The average molecular weight is 344 g/mol. The van der Waals surface area contributed by atoms with Crippen molar-refractivity contribution in [3.8, 4) is 0 Å². The Balaban J connectivity index is 0. The first-order valence-electron chi connectivity index (χ1n) is 8.13. The van der Waals surface area contributed by atoms with E-state index in [1.54, 1.807) is 0 Å². The van der Waals surface area contributed by atoms with Crippen LogP contribution in [0.4, 0.5) is 0 Å². The molecule has 130 valence electrons. The van der Waals surface area contributed by atoms with Crippen molar-refractivity contribution in [2.75, 3.05) is 38.7 Å². The number of hydrogen-bond donors (Lipinski definition) is 3. The van der Waals surface area contributed by atoms with Crippen LogP contribution in [0.5, 0.6) is 0 Å². The summed E-state index contributed by atoms with van der Waals surface area (Å²) in [6.45, 7) is 4.90. The molecule has 1 aliphatic heterocycles. The molecule has 0 aliphatic carbocycles. The van der Waals surface area contributed by atoms with Crippen LogP contribution in [0.3, 0.4) is 0 Å². The Morgan fingerprint density at radius 3 is 1.57 bits per heavy atom. The van der Waals surface area contributed by atoms with Crippen LogP contribution in [-0.4, -0.2) is 44.8 Å². The summed E-state index contributed by atoms with van der Waals surface area (Å²) in [5.74, 6) is 0.667. The van der Waals surface area contributed by atoms with Gasteiger partial charge in [-0.05, 0) is 51.9 Å². The number of alkyl halides is 1. The van der Waals surface area contributed by atoms with Gasteiger partial charge in [-0.1, -0.05) is 25.7 Å². The predicted octanol–water partition coefficient (Wildman–Crippen LogP) is 2.66. The summed E-state index contributed by atoms with van der Waals surface area (Å²) in [7, 11) is 0. The molecule has 0 spiro atoms. The average Bonchev–Trinajstić information content (AvgIpc) is 3.30. The third kappa shape index (κ3) is 22.8.